The standard InChI is InChI=1S/C17H19ClFN/c1-13(7-8-14-5-3-2-4-6-14)20-12-15-9-10-17(19)16(18)11-15/h2-6,9-11,13,20H,7-8,12H2,1H3. The molecule has 0 amide bonds. The molecule has 106 valence electrons. The van der Waals surface area contributed by atoms with E-state index in [1.54, 1.807) is 12.1 Å². The summed E-state index contributed by atoms with van der Waals surface area (Å²) < 4.78 is 13.1. The second-order valence-electron chi connectivity index (χ2n) is 5.05. The molecule has 0 saturated heterocycles. The van der Waals surface area contributed by atoms with Gasteiger partial charge in [0.05, 0.1) is 5.02 Å². The maximum Gasteiger partial charge on any atom is 0.141 e. The number of nitrogens with one attached hydrogen (secondary N) is 1. The molecule has 0 aliphatic carbocycles. The molecule has 0 bridgehead atoms. The average molecular weight is 292 g/mol. The molecule has 0 heterocycles. The van der Waals surface area contributed by atoms with Crippen LogP contribution < -0.4 is 5.32 Å². The van der Waals surface area contributed by atoms with Crippen molar-refractivity contribution in [1.82, 2.24) is 5.32 Å². The van der Waals surface area contributed by atoms with E-state index in [1.807, 2.05) is 6.07 Å². The van der Waals surface area contributed by atoms with Gasteiger partial charge in [0.15, 0.2) is 0 Å². The summed E-state index contributed by atoms with van der Waals surface area (Å²) >= 11 is 5.77. The summed E-state index contributed by atoms with van der Waals surface area (Å²) in [4.78, 5) is 0. The average Bonchev–Trinajstić information content (AvgIpc) is 2.47. The largest absolute Gasteiger partial charge is 0.310 e. The van der Waals surface area contributed by atoms with E-state index in [4.69, 9.17) is 11.6 Å². The molecule has 0 radical (unpaired) electrons. The number of halogens is 2. The summed E-state index contributed by atoms with van der Waals surface area (Å²) in [5.74, 6) is -0.368. The lowest BCUT2D eigenvalue weighted by molar-refractivity contribution is 0.513. The second kappa shape index (κ2) is 7.41. The van der Waals surface area contributed by atoms with Crippen LogP contribution in [0.25, 0.3) is 0 Å². The molecule has 2 aromatic rings. The minimum absolute atomic E-state index is 0.182. The van der Waals surface area contributed by atoms with Crippen LogP contribution in [-0.4, -0.2) is 6.04 Å². The van der Waals surface area contributed by atoms with Crippen LogP contribution in [0.4, 0.5) is 4.39 Å². The van der Waals surface area contributed by atoms with Crippen molar-refractivity contribution in [2.45, 2.75) is 32.4 Å². The summed E-state index contributed by atoms with van der Waals surface area (Å²) in [6, 6.07) is 15.7. The monoisotopic (exact) mass is 291 g/mol. The van der Waals surface area contributed by atoms with Crippen molar-refractivity contribution in [1.29, 1.82) is 0 Å². The summed E-state index contributed by atoms with van der Waals surface area (Å²) in [6.45, 7) is 2.87. The second-order valence-corrected chi connectivity index (χ2v) is 5.46. The maximum absolute atomic E-state index is 13.1. The highest BCUT2D eigenvalue weighted by molar-refractivity contribution is 6.30. The van der Waals surface area contributed by atoms with Crippen LogP contribution in [0.15, 0.2) is 48.5 Å². The number of aryl methyl sites for hydroxylation is 1. The molecule has 2 rings (SSSR count). The molecule has 20 heavy (non-hydrogen) atoms. The first-order valence-corrected chi connectivity index (χ1v) is 7.24. The van der Waals surface area contributed by atoms with Crippen LogP contribution in [-0.2, 0) is 13.0 Å². The summed E-state index contributed by atoms with van der Waals surface area (Å²) in [5.41, 5.74) is 2.36. The molecule has 3 heteroatoms. The molecular weight excluding hydrogens is 273 g/mol. The van der Waals surface area contributed by atoms with Crippen LogP contribution in [0, 0.1) is 5.82 Å². The van der Waals surface area contributed by atoms with Gasteiger partial charge in [0.2, 0.25) is 0 Å². The van der Waals surface area contributed by atoms with Crippen LogP contribution >= 0.6 is 11.6 Å². The van der Waals surface area contributed by atoms with Crippen molar-refractivity contribution in [3.8, 4) is 0 Å². The fraction of sp³-hybridized carbons (Fsp3) is 0.294. The van der Waals surface area contributed by atoms with Crippen molar-refractivity contribution >= 4 is 11.6 Å². The van der Waals surface area contributed by atoms with E-state index in [1.165, 1.54) is 11.6 Å². The molecule has 0 aliphatic rings. The minimum atomic E-state index is -0.368. The lowest BCUT2D eigenvalue weighted by Gasteiger charge is -2.14. The Morgan fingerprint density at radius 1 is 1.10 bits per heavy atom. The Labute approximate surface area is 124 Å². The van der Waals surface area contributed by atoms with Crippen molar-refractivity contribution < 1.29 is 4.39 Å². The van der Waals surface area contributed by atoms with Crippen molar-refractivity contribution in [3.05, 3.63) is 70.5 Å². The normalized spacial score (nSPS) is 12.3. The molecule has 1 N–H and O–H groups in total. The van der Waals surface area contributed by atoms with E-state index >= 15 is 0 Å². The SMILES string of the molecule is CC(CCc1ccccc1)NCc1ccc(F)c(Cl)c1. The smallest absolute Gasteiger partial charge is 0.141 e. The van der Waals surface area contributed by atoms with E-state index in [0.717, 1.165) is 18.4 Å². The highest BCUT2D eigenvalue weighted by Crippen LogP contribution is 2.16. The van der Waals surface area contributed by atoms with Gasteiger partial charge in [-0.05, 0) is 43.0 Å². The number of hydrogen-bond acceptors (Lipinski definition) is 1. The number of hydrogen-bond donors (Lipinski definition) is 1. The van der Waals surface area contributed by atoms with Gasteiger partial charge in [0.25, 0.3) is 0 Å². The van der Waals surface area contributed by atoms with Gasteiger partial charge >= 0.3 is 0 Å². The van der Waals surface area contributed by atoms with Gasteiger partial charge in [0.1, 0.15) is 5.82 Å². The van der Waals surface area contributed by atoms with Crippen LogP contribution in [0.5, 0.6) is 0 Å². The van der Waals surface area contributed by atoms with E-state index in [2.05, 4.69) is 36.5 Å². The van der Waals surface area contributed by atoms with Crippen LogP contribution in [0.2, 0.25) is 5.02 Å². The predicted octanol–water partition coefficient (Wildman–Crippen LogP) is 4.59. The van der Waals surface area contributed by atoms with Gasteiger partial charge in [-0.3, -0.25) is 0 Å². The zero-order valence-corrected chi connectivity index (χ0v) is 12.3. The van der Waals surface area contributed by atoms with Gasteiger partial charge in [-0.2, -0.15) is 0 Å². The Bertz CT molecular complexity index is 542. The van der Waals surface area contributed by atoms with Gasteiger partial charge < -0.3 is 5.32 Å². The van der Waals surface area contributed by atoms with Crippen LogP contribution in [0.3, 0.4) is 0 Å². The molecule has 0 spiro atoms. The van der Waals surface area contributed by atoms with Crippen molar-refractivity contribution in [3.63, 3.8) is 0 Å². The Kier molecular flexibility index (Phi) is 5.57. The van der Waals surface area contributed by atoms with E-state index in [-0.39, 0.29) is 10.8 Å². The van der Waals surface area contributed by atoms with Crippen molar-refractivity contribution in [2.24, 2.45) is 0 Å². The summed E-state index contributed by atoms with van der Waals surface area (Å²) in [6.07, 6.45) is 2.12. The quantitative estimate of drug-likeness (QED) is 0.821. The van der Waals surface area contributed by atoms with Gasteiger partial charge in [-0.15, -0.1) is 0 Å². The Morgan fingerprint density at radius 3 is 2.55 bits per heavy atom. The third kappa shape index (κ3) is 4.62. The molecule has 2 aromatic carbocycles. The highest BCUT2D eigenvalue weighted by atomic mass is 35.5. The fourth-order valence-corrected chi connectivity index (χ4v) is 2.27. The molecule has 1 atom stereocenters. The third-order valence-corrected chi connectivity index (χ3v) is 3.64. The molecule has 1 unspecified atom stereocenters. The lowest BCUT2D eigenvalue weighted by Crippen LogP contribution is -2.25. The van der Waals surface area contributed by atoms with Crippen molar-refractivity contribution in [2.75, 3.05) is 0 Å². The molecular formula is C17H19ClFN. The Morgan fingerprint density at radius 2 is 1.85 bits per heavy atom. The van der Waals surface area contributed by atoms with Gasteiger partial charge in [-0.25, -0.2) is 4.39 Å². The number of benzene rings is 2. The van der Waals surface area contributed by atoms with E-state index < -0.39 is 0 Å². The Balaban J connectivity index is 1.77. The molecule has 0 fully saturated rings. The first-order valence-electron chi connectivity index (χ1n) is 6.86. The lowest BCUT2D eigenvalue weighted by atomic mass is 10.1. The zero-order valence-electron chi connectivity index (χ0n) is 11.6. The van der Waals surface area contributed by atoms with E-state index in [9.17, 15) is 4.39 Å². The first kappa shape index (κ1) is 15.0. The van der Waals surface area contributed by atoms with E-state index in [0.29, 0.717) is 12.6 Å². The molecule has 0 aromatic heterocycles. The van der Waals surface area contributed by atoms with Gasteiger partial charge in [-0.1, -0.05) is 48.0 Å². The first-order chi connectivity index (χ1) is 9.65. The molecule has 1 nitrogen and oxygen atoms in total. The summed E-state index contributed by atoms with van der Waals surface area (Å²) in [5, 5.41) is 3.62. The Hall–Kier alpha value is -1.38. The highest BCUT2D eigenvalue weighted by Gasteiger charge is 2.04. The minimum Gasteiger partial charge on any atom is -0.310 e. The van der Waals surface area contributed by atoms with Crippen LogP contribution in [0.1, 0.15) is 24.5 Å². The molecule has 0 aliphatic heterocycles. The number of rotatable bonds is 6. The maximum atomic E-state index is 13.1. The topological polar surface area (TPSA) is 12.0 Å². The van der Waals surface area contributed by atoms with Gasteiger partial charge in [0, 0.05) is 12.6 Å². The zero-order chi connectivity index (χ0) is 14.4. The molecule has 0 saturated carbocycles. The fourth-order valence-electron chi connectivity index (χ4n) is 2.07. The summed E-state index contributed by atoms with van der Waals surface area (Å²) in [7, 11) is 0. The third-order valence-electron chi connectivity index (χ3n) is 3.35. The predicted molar refractivity (Wildman–Crippen MR) is 82.5 cm³/mol.